The maximum atomic E-state index is 9.80. The first-order valence-electron chi connectivity index (χ1n) is 5.04. The third-order valence-corrected chi connectivity index (χ3v) is 3.56. The van der Waals surface area contributed by atoms with Gasteiger partial charge in [0, 0.05) is 16.1 Å². The molecule has 0 aromatic heterocycles. The third-order valence-electron chi connectivity index (χ3n) is 2.68. The van der Waals surface area contributed by atoms with Crippen LogP contribution in [0.3, 0.4) is 0 Å². The average Bonchev–Trinajstić information content (AvgIpc) is 2.32. The highest BCUT2D eigenvalue weighted by Crippen LogP contribution is 2.40. The standard InChI is InChI=1S/C13H11Cl2NO/c1-7-10(14)6-9(13(16)12(7)15)8-4-2-3-5-11(8)17/h2-6,17H,16H2,1H3. The lowest BCUT2D eigenvalue weighted by Crippen LogP contribution is -1.94. The van der Waals surface area contributed by atoms with Crippen LogP contribution < -0.4 is 5.73 Å². The molecule has 0 atom stereocenters. The molecule has 0 amide bonds. The molecule has 0 saturated carbocycles. The van der Waals surface area contributed by atoms with Gasteiger partial charge in [-0.25, -0.2) is 0 Å². The summed E-state index contributed by atoms with van der Waals surface area (Å²) in [6.45, 7) is 1.80. The van der Waals surface area contributed by atoms with Crippen molar-refractivity contribution in [3.8, 4) is 16.9 Å². The Morgan fingerprint density at radius 3 is 2.41 bits per heavy atom. The van der Waals surface area contributed by atoms with Crippen LogP contribution >= 0.6 is 23.2 Å². The molecule has 0 aliphatic heterocycles. The fourth-order valence-electron chi connectivity index (χ4n) is 1.66. The van der Waals surface area contributed by atoms with Crippen molar-refractivity contribution in [1.82, 2.24) is 0 Å². The number of phenolic OH excluding ortho intramolecular Hbond substituents is 1. The molecule has 0 saturated heterocycles. The van der Waals surface area contributed by atoms with Crippen molar-refractivity contribution >= 4 is 28.9 Å². The maximum Gasteiger partial charge on any atom is 0.123 e. The van der Waals surface area contributed by atoms with E-state index in [0.29, 0.717) is 26.9 Å². The van der Waals surface area contributed by atoms with Crippen molar-refractivity contribution in [2.75, 3.05) is 5.73 Å². The summed E-state index contributed by atoms with van der Waals surface area (Å²) in [4.78, 5) is 0. The van der Waals surface area contributed by atoms with Crippen molar-refractivity contribution in [3.63, 3.8) is 0 Å². The van der Waals surface area contributed by atoms with Gasteiger partial charge in [0.25, 0.3) is 0 Å². The lowest BCUT2D eigenvalue weighted by atomic mass is 10.0. The number of nitrogens with two attached hydrogens (primary N) is 1. The van der Waals surface area contributed by atoms with Crippen molar-refractivity contribution in [2.45, 2.75) is 6.92 Å². The molecule has 88 valence electrons. The second-order valence-electron chi connectivity index (χ2n) is 3.78. The highest BCUT2D eigenvalue weighted by atomic mass is 35.5. The van der Waals surface area contributed by atoms with E-state index in [0.717, 1.165) is 5.56 Å². The number of hydrogen-bond donors (Lipinski definition) is 2. The van der Waals surface area contributed by atoms with Gasteiger partial charge >= 0.3 is 0 Å². The van der Waals surface area contributed by atoms with E-state index in [2.05, 4.69) is 0 Å². The normalized spacial score (nSPS) is 10.5. The zero-order chi connectivity index (χ0) is 12.6. The molecule has 0 fully saturated rings. The van der Waals surface area contributed by atoms with E-state index >= 15 is 0 Å². The van der Waals surface area contributed by atoms with E-state index in [1.807, 2.05) is 6.07 Å². The first kappa shape index (κ1) is 12.1. The van der Waals surface area contributed by atoms with Crippen LogP contribution in [-0.2, 0) is 0 Å². The molecule has 0 spiro atoms. The molecule has 2 aromatic carbocycles. The van der Waals surface area contributed by atoms with Crippen LogP contribution in [0, 0.1) is 6.92 Å². The summed E-state index contributed by atoms with van der Waals surface area (Å²) in [5.41, 5.74) is 8.38. The smallest absolute Gasteiger partial charge is 0.123 e. The van der Waals surface area contributed by atoms with Crippen molar-refractivity contribution in [1.29, 1.82) is 0 Å². The molecule has 2 aromatic rings. The minimum atomic E-state index is 0.148. The number of para-hydroxylation sites is 1. The van der Waals surface area contributed by atoms with Gasteiger partial charge in [0.05, 0.1) is 10.7 Å². The number of rotatable bonds is 1. The summed E-state index contributed by atoms with van der Waals surface area (Å²) in [5, 5.41) is 10.8. The Kier molecular flexibility index (Phi) is 3.18. The first-order chi connectivity index (χ1) is 8.02. The number of benzene rings is 2. The Labute approximate surface area is 110 Å². The van der Waals surface area contributed by atoms with E-state index in [-0.39, 0.29) is 5.75 Å². The van der Waals surface area contributed by atoms with Gasteiger partial charge in [0.15, 0.2) is 0 Å². The Morgan fingerprint density at radius 1 is 1.12 bits per heavy atom. The minimum Gasteiger partial charge on any atom is -0.507 e. The van der Waals surface area contributed by atoms with Crippen LogP contribution in [0.25, 0.3) is 11.1 Å². The molecule has 0 radical (unpaired) electrons. The van der Waals surface area contributed by atoms with Crippen LogP contribution in [0.1, 0.15) is 5.56 Å². The van der Waals surface area contributed by atoms with Crippen molar-refractivity contribution in [3.05, 3.63) is 45.9 Å². The van der Waals surface area contributed by atoms with Crippen LogP contribution in [-0.4, -0.2) is 5.11 Å². The van der Waals surface area contributed by atoms with Crippen molar-refractivity contribution in [2.24, 2.45) is 0 Å². The number of phenols is 1. The lowest BCUT2D eigenvalue weighted by molar-refractivity contribution is 0.477. The third kappa shape index (κ3) is 2.06. The van der Waals surface area contributed by atoms with Crippen LogP contribution in [0.5, 0.6) is 5.75 Å². The summed E-state index contributed by atoms with van der Waals surface area (Å²) in [6.07, 6.45) is 0. The molecular formula is C13H11Cl2NO. The predicted molar refractivity (Wildman–Crippen MR) is 72.7 cm³/mol. The van der Waals surface area contributed by atoms with E-state index in [9.17, 15) is 5.11 Å². The van der Waals surface area contributed by atoms with Gasteiger partial charge in [0.2, 0.25) is 0 Å². The fraction of sp³-hybridized carbons (Fsp3) is 0.0769. The Balaban J connectivity index is 2.73. The van der Waals surface area contributed by atoms with Crippen LogP contribution in [0.15, 0.2) is 30.3 Å². The minimum absolute atomic E-state index is 0.148. The number of nitrogen functional groups attached to an aromatic ring is 1. The molecule has 0 unspecified atom stereocenters. The maximum absolute atomic E-state index is 9.80. The van der Waals surface area contributed by atoms with Crippen molar-refractivity contribution < 1.29 is 5.11 Å². The Hall–Kier alpha value is -1.38. The number of hydrogen-bond acceptors (Lipinski definition) is 2. The zero-order valence-corrected chi connectivity index (χ0v) is 10.7. The second kappa shape index (κ2) is 4.47. The van der Waals surface area contributed by atoms with Gasteiger partial charge in [-0.15, -0.1) is 0 Å². The molecule has 4 heteroatoms. The molecule has 0 aliphatic carbocycles. The summed E-state index contributed by atoms with van der Waals surface area (Å²) in [6, 6.07) is 8.63. The number of halogens is 2. The van der Waals surface area contributed by atoms with Crippen LogP contribution in [0.4, 0.5) is 5.69 Å². The van der Waals surface area contributed by atoms with E-state index < -0.39 is 0 Å². The highest BCUT2D eigenvalue weighted by Gasteiger charge is 2.14. The summed E-state index contributed by atoms with van der Waals surface area (Å²) < 4.78 is 0. The molecule has 3 N–H and O–H groups in total. The molecule has 0 bridgehead atoms. The first-order valence-corrected chi connectivity index (χ1v) is 5.80. The number of aromatic hydroxyl groups is 1. The van der Waals surface area contributed by atoms with Gasteiger partial charge in [-0.2, -0.15) is 0 Å². The van der Waals surface area contributed by atoms with Gasteiger partial charge < -0.3 is 10.8 Å². The molecule has 0 heterocycles. The van der Waals surface area contributed by atoms with Gasteiger partial charge in [-0.3, -0.25) is 0 Å². The van der Waals surface area contributed by atoms with E-state index in [1.54, 1.807) is 31.2 Å². The quantitative estimate of drug-likeness (QED) is 0.759. The van der Waals surface area contributed by atoms with Crippen LogP contribution in [0.2, 0.25) is 10.0 Å². The molecule has 17 heavy (non-hydrogen) atoms. The summed E-state index contributed by atoms with van der Waals surface area (Å²) in [5.74, 6) is 0.148. The summed E-state index contributed by atoms with van der Waals surface area (Å²) >= 11 is 12.2. The molecule has 2 rings (SSSR count). The van der Waals surface area contributed by atoms with Gasteiger partial charge in [-0.1, -0.05) is 41.4 Å². The van der Waals surface area contributed by atoms with Gasteiger partial charge in [0.1, 0.15) is 5.75 Å². The fourth-order valence-corrected chi connectivity index (χ4v) is 2.12. The summed E-state index contributed by atoms with van der Waals surface area (Å²) in [7, 11) is 0. The number of anilines is 1. The Bertz CT molecular complexity index is 582. The lowest BCUT2D eigenvalue weighted by Gasteiger charge is -2.12. The second-order valence-corrected chi connectivity index (χ2v) is 4.56. The van der Waals surface area contributed by atoms with E-state index in [1.165, 1.54) is 0 Å². The molecular weight excluding hydrogens is 257 g/mol. The largest absolute Gasteiger partial charge is 0.507 e. The highest BCUT2D eigenvalue weighted by molar-refractivity contribution is 6.38. The van der Waals surface area contributed by atoms with Gasteiger partial charge in [-0.05, 0) is 24.6 Å². The Morgan fingerprint density at radius 2 is 1.76 bits per heavy atom. The monoisotopic (exact) mass is 267 g/mol. The van der Waals surface area contributed by atoms with E-state index in [4.69, 9.17) is 28.9 Å². The molecule has 0 aliphatic rings. The molecule has 2 nitrogen and oxygen atoms in total. The topological polar surface area (TPSA) is 46.2 Å². The predicted octanol–water partition coefficient (Wildman–Crippen LogP) is 4.26. The SMILES string of the molecule is Cc1c(Cl)cc(-c2ccccc2O)c(N)c1Cl. The average molecular weight is 268 g/mol. The zero-order valence-electron chi connectivity index (χ0n) is 9.17.